The molecule has 0 amide bonds. The van der Waals surface area contributed by atoms with Gasteiger partial charge in [0.2, 0.25) is 0 Å². The Morgan fingerprint density at radius 3 is 2.77 bits per heavy atom. The second-order valence-electron chi connectivity index (χ2n) is 11.1. The van der Waals surface area contributed by atoms with E-state index in [1.807, 2.05) is 30.3 Å². The molecule has 3 atom stereocenters. The van der Waals surface area contributed by atoms with Crippen molar-refractivity contribution in [3.8, 4) is 23.5 Å². The molecule has 0 N–H and O–H groups in total. The van der Waals surface area contributed by atoms with Gasteiger partial charge >= 0.3 is 6.01 Å². The van der Waals surface area contributed by atoms with Crippen molar-refractivity contribution in [2.45, 2.75) is 31.3 Å². The lowest BCUT2D eigenvalue weighted by molar-refractivity contribution is 0.188. The first-order valence-corrected chi connectivity index (χ1v) is 14.2. The number of ether oxygens (including phenoxy) is 1. The fourth-order valence-corrected chi connectivity index (χ4v) is 6.94. The largest absolute Gasteiger partial charge is 0.462 e. The SMILES string of the molecule is CN1CCC[C@H]1COc1nc(N2CC[C@@H]3CN(C#N)C[C@@H]32)c2cnc(-c3cccc4cccc(Cl)c34)c(F)c2n1. The van der Waals surface area contributed by atoms with Crippen LogP contribution in [0.25, 0.3) is 32.9 Å². The van der Waals surface area contributed by atoms with E-state index in [1.54, 1.807) is 17.2 Å². The van der Waals surface area contributed by atoms with Crippen molar-refractivity contribution in [3.05, 3.63) is 53.4 Å². The van der Waals surface area contributed by atoms with Gasteiger partial charge in [0, 0.05) is 53.8 Å². The van der Waals surface area contributed by atoms with Crippen molar-refractivity contribution >= 4 is 39.1 Å². The Kier molecular flexibility index (Phi) is 6.32. The molecule has 0 radical (unpaired) electrons. The average molecular weight is 558 g/mol. The van der Waals surface area contributed by atoms with Crippen LogP contribution in [-0.2, 0) is 0 Å². The molecule has 40 heavy (non-hydrogen) atoms. The van der Waals surface area contributed by atoms with Crippen molar-refractivity contribution in [1.82, 2.24) is 24.8 Å². The lowest BCUT2D eigenvalue weighted by Crippen LogP contribution is -2.35. The lowest BCUT2D eigenvalue weighted by atomic mass is 10.0. The van der Waals surface area contributed by atoms with Crippen molar-refractivity contribution in [3.63, 3.8) is 0 Å². The minimum Gasteiger partial charge on any atom is -0.462 e. The molecule has 2 aromatic heterocycles. The molecule has 0 bridgehead atoms. The number of rotatable bonds is 5. The van der Waals surface area contributed by atoms with Crippen molar-refractivity contribution in [2.24, 2.45) is 5.92 Å². The number of benzene rings is 2. The minimum absolute atomic E-state index is 0.117. The molecule has 5 heterocycles. The van der Waals surface area contributed by atoms with E-state index in [0.29, 0.717) is 40.9 Å². The number of pyridine rings is 1. The number of aromatic nitrogens is 3. The highest BCUT2D eigenvalue weighted by Crippen LogP contribution is 2.40. The molecule has 3 aliphatic heterocycles. The summed E-state index contributed by atoms with van der Waals surface area (Å²) in [4.78, 5) is 20.3. The summed E-state index contributed by atoms with van der Waals surface area (Å²) >= 11 is 6.58. The first kappa shape index (κ1) is 25.2. The summed E-state index contributed by atoms with van der Waals surface area (Å²) in [5.74, 6) is 0.439. The monoisotopic (exact) mass is 557 g/mol. The van der Waals surface area contributed by atoms with Gasteiger partial charge in [-0.3, -0.25) is 4.98 Å². The third-order valence-corrected chi connectivity index (χ3v) is 9.10. The topological polar surface area (TPSA) is 81.4 Å². The second-order valence-corrected chi connectivity index (χ2v) is 11.5. The number of hydrogen-bond donors (Lipinski definition) is 0. The Morgan fingerprint density at radius 2 is 1.98 bits per heavy atom. The smallest absolute Gasteiger partial charge is 0.319 e. The number of likely N-dealkylation sites (tertiary alicyclic amines) is 2. The van der Waals surface area contributed by atoms with Gasteiger partial charge in [0.15, 0.2) is 12.0 Å². The maximum absolute atomic E-state index is 16.5. The standard InChI is InChI=1S/C30H29ClFN7O/c1-37-11-4-7-20(37)16-40-30-35-28-22(29(36-30)39-12-10-19-14-38(17-33)15-24(19)39)13-34-27(26(28)32)21-8-2-5-18-6-3-9-23(31)25(18)21/h2-3,5-6,8-9,13,19-20,24H,4,7,10-12,14-16H2,1H3/t19-,20+,24+/m1/s1. The molecule has 204 valence electrons. The highest BCUT2D eigenvalue weighted by Gasteiger charge is 2.42. The zero-order valence-electron chi connectivity index (χ0n) is 22.2. The third-order valence-electron chi connectivity index (χ3n) is 8.79. The molecule has 0 spiro atoms. The van der Waals surface area contributed by atoms with E-state index >= 15 is 4.39 Å². The maximum Gasteiger partial charge on any atom is 0.319 e. The number of nitriles is 1. The van der Waals surface area contributed by atoms with E-state index in [2.05, 4.69) is 33.0 Å². The van der Waals surface area contributed by atoms with Crippen LogP contribution in [0.1, 0.15) is 19.3 Å². The van der Waals surface area contributed by atoms with Gasteiger partial charge in [-0.25, -0.2) is 4.39 Å². The predicted molar refractivity (Wildman–Crippen MR) is 153 cm³/mol. The molecule has 0 saturated carbocycles. The molecule has 0 aliphatic carbocycles. The number of halogens is 2. The first-order valence-electron chi connectivity index (χ1n) is 13.8. The normalized spacial score (nSPS) is 22.8. The molecular formula is C30H29ClFN7O. The summed E-state index contributed by atoms with van der Waals surface area (Å²) in [6.07, 6.45) is 7.06. The van der Waals surface area contributed by atoms with Gasteiger partial charge < -0.3 is 19.4 Å². The zero-order valence-corrected chi connectivity index (χ0v) is 23.0. The van der Waals surface area contributed by atoms with Gasteiger partial charge in [-0.15, -0.1) is 0 Å². The van der Waals surface area contributed by atoms with E-state index in [4.69, 9.17) is 21.3 Å². The third kappa shape index (κ3) is 4.18. The molecule has 3 fully saturated rings. The predicted octanol–water partition coefficient (Wildman–Crippen LogP) is 5.10. The van der Waals surface area contributed by atoms with E-state index in [-0.39, 0.29) is 29.3 Å². The fraction of sp³-hybridized carbons (Fsp3) is 0.400. The van der Waals surface area contributed by atoms with Gasteiger partial charge in [0.25, 0.3) is 0 Å². The molecule has 2 aromatic carbocycles. The van der Waals surface area contributed by atoms with Crippen molar-refractivity contribution in [1.29, 1.82) is 5.26 Å². The first-order chi connectivity index (χ1) is 19.5. The Morgan fingerprint density at radius 1 is 1.12 bits per heavy atom. The molecule has 8 nitrogen and oxygen atoms in total. The second kappa shape index (κ2) is 10.0. The molecule has 0 unspecified atom stereocenters. The van der Waals surface area contributed by atoms with Gasteiger partial charge in [0.1, 0.15) is 23.6 Å². The van der Waals surface area contributed by atoms with Gasteiger partial charge in [-0.05, 0) is 44.3 Å². The zero-order chi connectivity index (χ0) is 27.4. The average Bonchev–Trinajstić information content (AvgIpc) is 3.68. The van der Waals surface area contributed by atoms with E-state index in [1.165, 1.54) is 0 Å². The quantitative estimate of drug-likeness (QED) is 0.313. The molecule has 10 heteroatoms. The summed E-state index contributed by atoms with van der Waals surface area (Å²) in [5.41, 5.74) is 0.972. The van der Waals surface area contributed by atoms with Crippen molar-refractivity contribution < 1.29 is 9.13 Å². The Hall–Kier alpha value is -3.74. The van der Waals surface area contributed by atoms with Crippen LogP contribution in [0, 0.1) is 23.2 Å². The summed E-state index contributed by atoms with van der Waals surface area (Å²) in [5, 5.41) is 12.2. The molecule has 7 rings (SSSR count). The van der Waals surface area contributed by atoms with Crippen LogP contribution < -0.4 is 9.64 Å². The van der Waals surface area contributed by atoms with E-state index in [0.717, 1.165) is 49.7 Å². The number of fused-ring (bicyclic) bond motifs is 3. The Labute approximate surface area is 236 Å². The lowest BCUT2D eigenvalue weighted by Gasteiger charge is -2.26. The van der Waals surface area contributed by atoms with E-state index < -0.39 is 5.82 Å². The summed E-state index contributed by atoms with van der Waals surface area (Å²) in [6, 6.07) is 11.8. The summed E-state index contributed by atoms with van der Waals surface area (Å²) in [7, 11) is 2.09. The van der Waals surface area contributed by atoms with Gasteiger partial charge in [-0.2, -0.15) is 15.2 Å². The molecule has 3 saturated heterocycles. The van der Waals surface area contributed by atoms with E-state index in [9.17, 15) is 5.26 Å². The Bertz CT molecular complexity index is 1650. The highest BCUT2D eigenvalue weighted by molar-refractivity contribution is 6.36. The number of hydrogen-bond acceptors (Lipinski definition) is 8. The van der Waals surface area contributed by atoms with Crippen LogP contribution in [0.2, 0.25) is 5.02 Å². The van der Waals surface area contributed by atoms with Gasteiger partial charge in [-0.1, -0.05) is 41.9 Å². The van der Waals surface area contributed by atoms with Crippen LogP contribution >= 0.6 is 11.6 Å². The molecular weight excluding hydrogens is 529 g/mol. The summed E-state index contributed by atoms with van der Waals surface area (Å²) in [6.45, 7) is 3.60. The Balaban J connectivity index is 1.36. The van der Waals surface area contributed by atoms with Crippen LogP contribution in [0.3, 0.4) is 0 Å². The van der Waals surface area contributed by atoms with Crippen molar-refractivity contribution in [2.75, 3.05) is 44.7 Å². The van der Waals surface area contributed by atoms with Crippen LogP contribution in [0.15, 0.2) is 42.6 Å². The molecule has 3 aliphatic rings. The number of anilines is 1. The van der Waals surface area contributed by atoms with Crippen LogP contribution in [-0.4, -0.2) is 76.7 Å². The summed E-state index contributed by atoms with van der Waals surface area (Å²) < 4.78 is 22.7. The minimum atomic E-state index is -0.530. The maximum atomic E-state index is 16.5. The fourth-order valence-electron chi connectivity index (χ4n) is 6.65. The van der Waals surface area contributed by atoms with Crippen LogP contribution in [0.4, 0.5) is 10.2 Å². The number of nitrogens with zero attached hydrogens (tertiary/aromatic N) is 7. The van der Waals surface area contributed by atoms with Gasteiger partial charge in [0.05, 0.1) is 11.4 Å². The highest BCUT2D eigenvalue weighted by atomic mass is 35.5. The van der Waals surface area contributed by atoms with Crippen LogP contribution in [0.5, 0.6) is 6.01 Å². The number of likely N-dealkylation sites (N-methyl/N-ethyl adjacent to an activating group) is 1. The molecule has 4 aromatic rings.